The minimum absolute atomic E-state index is 0. The summed E-state index contributed by atoms with van der Waals surface area (Å²) < 4.78 is 4.37. The Morgan fingerprint density at radius 3 is 2.46 bits per heavy atom. The van der Waals surface area contributed by atoms with Gasteiger partial charge in [0.25, 0.3) is 0 Å². The Hall–Kier alpha value is -0.810. The Labute approximate surface area is 82.7 Å². The molecule has 0 saturated carbocycles. The van der Waals surface area contributed by atoms with E-state index in [4.69, 9.17) is 10.8 Å². The van der Waals surface area contributed by atoms with Gasteiger partial charge in [-0.25, -0.2) is 0 Å². The molecule has 0 amide bonds. The first-order valence-electron chi connectivity index (χ1n) is 3.63. The molecule has 6 heteroatoms. The summed E-state index contributed by atoms with van der Waals surface area (Å²) in [5.74, 6) is -1.38. The highest BCUT2D eigenvalue weighted by Crippen LogP contribution is 2.00. The number of esters is 1. The molecule has 0 aromatic carbocycles. The fraction of sp³-hybridized carbons (Fsp3) is 0.714. The molecule has 0 spiro atoms. The van der Waals surface area contributed by atoms with Crippen molar-refractivity contribution in [1.29, 1.82) is 0 Å². The Morgan fingerprint density at radius 2 is 2.08 bits per heavy atom. The molecule has 5 nitrogen and oxygen atoms in total. The van der Waals surface area contributed by atoms with Crippen LogP contribution in [0.2, 0.25) is 0 Å². The van der Waals surface area contributed by atoms with E-state index in [1.165, 1.54) is 7.11 Å². The van der Waals surface area contributed by atoms with Crippen molar-refractivity contribution in [3.8, 4) is 0 Å². The van der Waals surface area contributed by atoms with Crippen molar-refractivity contribution in [2.24, 2.45) is 5.73 Å². The first-order chi connectivity index (χ1) is 5.57. The van der Waals surface area contributed by atoms with Crippen molar-refractivity contribution < 1.29 is 19.4 Å². The van der Waals surface area contributed by atoms with Crippen LogP contribution in [0.3, 0.4) is 0 Å². The summed E-state index contributed by atoms with van der Waals surface area (Å²) >= 11 is 0. The van der Waals surface area contributed by atoms with Gasteiger partial charge in [0, 0.05) is 6.42 Å². The summed E-state index contributed by atoms with van der Waals surface area (Å²) in [6.45, 7) is 0. The van der Waals surface area contributed by atoms with Crippen LogP contribution in [0.25, 0.3) is 0 Å². The van der Waals surface area contributed by atoms with E-state index in [0.29, 0.717) is 12.8 Å². The molecule has 0 aromatic rings. The number of ether oxygens (including phenoxy) is 1. The van der Waals surface area contributed by atoms with Crippen LogP contribution < -0.4 is 5.73 Å². The van der Waals surface area contributed by atoms with E-state index in [2.05, 4.69) is 4.74 Å². The first-order valence-corrected chi connectivity index (χ1v) is 3.63. The van der Waals surface area contributed by atoms with Crippen LogP contribution in [-0.4, -0.2) is 30.2 Å². The Balaban J connectivity index is 0. The van der Waals surface area contributed by atoms with Gasteiger partial charge < -0.3 is 15.6 Å². The maximum Gasteiger partial charge on any atom is 0.320 e. The van der Waals surface area contributed by atoms with Crippen molar-refractivity contribution in [3.63, 3.8) is 0 Å². The fourth-order valence-electron chi connectivity index (χ4n) is 0.692. The normalized spacial score (nSPS) is 11.2. The molecule has 13 heavy (non-hydrogen) atoms. The monoisotopic (exact) mass is 211 g/mol. The van der Waals surface area contributed by atoms with Crippen molar-refractivity contribution >= 4 is 24.3 Å². The molecule has 0 rings (SSSR count). The number of methoxy groups -OCH3 is 1. The lowest BCUT2D eigenvalue weighted by Gasteiger charge is -2.04. The molecule has 0 aliphatic rings. The largest absolute Gasteiger partial charge is 0.480 e. The van der Waals surface area contributed by atoms with Gasteiger partial charge in [0.05, 0.1) is 7.11 Å². The van der Waals surface area contributed by atoms with Crippen LogP contribution in [0.4, 0.5) is 0 Å². The number of carbonyl (C=O) groups is 2. The molecule has 78 valence electrons. The van der Waals surface area contributed by atoms with Crippen LogP contribution in [0.15, 0.2) is 0 Å². The van der Waals surface area contributed by atoms with E-state index in [0.717, 1.165) is 0 Å². The Morgan fingerprint density at radius 1 is 1.54 bits per heavy atom. The number of carboxylic acids is 1. The van der Waals surface area contributed by atoms with E-state index in [9.17, 15) is 9.59 Å². The van der Waals surface area contributed by atoms with E-state index < -0.39 is 12.0 Å². The zero-order chi connectivity index (χ0) is 9.56. The number of rotatable bonds is 5. The van der Waals surface area contributed by atoms with Crippen LogP contribution >= 0.6 is 12.4 Å². The number of halogens is 1. The maximum atomic E-state index is 10.6. The summed E-state index contributed by atoms with van der Waals surface area (Å²) in [7, 11) is 1.29. The van der Waals surface area contributed by atoms with Gasteiger partial charge in [0.15, 0.2) is 0 Å². The van der Waals surface area contributed by atoms with Gasteiger partial charge in [-0.05, 0) is 12.8 Å². The van der Waals surface area contributed by atoms with Gasteiger partial charge in [0.2, 0.25) is 0 Å². The van der Waals surface area contributed by atoms with Gasteiger partial charge in [-0.2, -0.15) is 0 Å². The van der Waals surface area contributed by atoms with Crippen molar-refractivity contribution in [2.75, 3.05) is 7.11 Å². The maximum absolute atomic E-state index is 10.6. The predicted octanol–water partition coefficient (Wildman–Crippen LogP) is 0.163. The summed E-state index contributed by atoms with van der Waals surface area (Å²) in [6, 6.07) is -0.880. The smallest absolute Gasteiger partial charge is 0.320 e. The van der Waals surface area contributed by atoms with Crippen LogP contribution in [0.1, 0.15) is 19.3 Å². The van der Waals surface area contributed by atoms with Crippen LogP contribution in [-0.2, 0) is 14.3 Å². The second-order valence-electron chi connectivity index (χ2n) is 2.41. The topological polar surface area (TPSA) is 89.6 Å². The molecule has 0 aliphatic heterocycles. The third kappa shape index (κ3) is 7.55. The fourth-order valence-corrected chi connectivity index (χ4v) is 0.692. The molecule has 0 aliphatic carbocycles. The van der Waals surface area contributed by atoms with Gasteiger partial charge in [-0.1, -0.05) is 0 Å². The summed E-state index contributed by atoms with van der Waals surface area (Å²) in [5, 5.41) is 8.36. The minimum atomic E-state index is -1.04. The molecule has 0 saturated heterocycles. The standard InChI is InChI=1S/C7H13NO4.ClH/c1-12-6(9)4-2-3-5(8)7(10)11;/h5H,2-4,8H2,1H3,(H,10,11);1H. The zero-order valence-electron chi connectivity index (χ0n) is 7.36. The summed E-state index contributed by atoms with van der Waals surface area (Å²) in [5.41, 5.74) is 5.19. The van der Waals surface area contributed by atoms with E-state index in [1.807, 2.05) is 0 Å². The van der Waals surface area contributed by atoms with Crippen molar-refractivity contribution in [2.45, 2.75) is 25.3 Å². The highest BCUT2D eigenvalue weighted by Gasteiger charge is 2.11. The second-order valence-corrected chi connectivity index (χ2v) is 2.41. The minimum Gasteiger partial charge on any atom is -0.480 e. The van der Waals surface area contributed by atoms with Crippen LogP contribution in [0, 0.1) is 0 Å². The number of carboxylic acid groups (broad SMARTS) is 1. The molecular weight excluding hydrogens is 198 g/mol. The molecule has 0 heterocycles. The highest BCUT2D eigenvalue weighted by atomic mass is 35.5. The third-order valence-corrected chi connectivity index (χ3v) is 1.44. The lowest BCUT2D eigenvalue weighted by molar-refractivity contribution is -0.142. The average Bonchev–Trinajstić information content (AvgIpc) is 2.03. The molecular formula is C7H14ClNO4. The molecule has 0 aromatic heterocycles. The average molecular weight is 212 g/mol. The molecule has 1 atom stereocenters. The van der Waals surface area contributed by atoms with E-state index >= 15 is 0 Å². The molecule has 0 radical (unpaired) electrons. The molecule has 1 unspecified atom stereocenters. The van der Waals surface area contributed by atoms with Gasteiger partial charge in [-0.3, -0.25) is 9.59 Å². The number of aliphatic carboxylic acids is 1. The number of nitrogens with two attached hydrogens (primary N) is 1. The van der Waals surface area contributed by atoms with E-state index in [1.54, 1.807) is 0 Å². The van der Waals surface area contributed by atoms with Gasteiger partial charge in [-0.15, -0.1) is 12.4 Å². The third-order valence-electron chi connectivity index (χ3n) is 1.44. The lowest BCUT2D eigenvalue weighted by Crippen LogP contribution is -2.29. The molecule has 0 fully saturated rings. The van der Waals surface area contributed by atoms with Crippen molar-refractivity contribution in [1.82, 2.24) is 0 Å². The number of hydrogen-bond donors (Lipinski definition) is 2. The highest BCUT2D eigenvalue weighted by molar-refractivity contribution is 5.85. The van der Waals surface area contributed by atoms with E-state index in [-0.39, 0.29) is 24.8 Å². The Kier molecular flexibility index (Phi) is 8.84. The summed E-state index contributed by atoms with van der Waals surface area (Å²) in [6.07, 6.45) is 0.960. The molecule has 3 N–H and O–H groups in total. The Bertz CT molecular complexity index is 174. The lowest BCUT2D eigenvalue weighted by atomic mass is 10.1. The van der Waals surface area contributed by atoms with Crippen LogP contribution in [0.5, 0.6) is 0 Å². The zero-order valence-corrected chi connectivity index (χ0v) is 8.17. The molecule has 0 bridgehead atoms. The number of hydrogen-bond acceptors (Lipinski definition) is 4. The van der Waals surface area contributed by atoms with Gasteiger partial charge in [0.1, 0.15) is 6.04 Å². The summed E-state index contributed by atoms with van der Waals surface area (Å²) in [4.78, 5) is 20.8. The first kappa shape index (κ1) is 14.7. The SMILES string of the molecule is COC(=O)CCCC(N)C(=O)O.Cl. The predicted molar refractivity (Wildman–Crippen MR) is 48.7 cm³/mol. The second kappa shape index (κ2) is 7.82. The van der Waals surface area contributed by atoms with Crippen molar-refractivity contribution in [3.05, 3.63) is 0 Å². The van der Waals surface area contributed by atoms with Gasteiger partial charge >= 0.3 is 11.9 Å². The number of carbonyl (C=O) groups excluding carboxylic acids is 1. The quantitative estimate of drug-likeness (QED) is 0.633.